The second-order valence-corrected chi connectivity index (χ2v) is 7.21. The number of anilines is 1. The molecule has 3 nitrogen and oxygen atoms in total. The monoisotopic (exact) mass is 275 g/mol. The highest BCUT2D eigenvalue weighted by molar-refractivity contribution is 7.18. The fraction of sp³-hybridized carbons (Fsp3) is 0.600. The second kappa shape index (κ2) is 4.75. The molecule has 1 saturated heterocycles. The molecule has 0 bridgehead atoms. The van der Waals surface area contributed by atoms with Crippen LogP contribution < -0.4 is 4.90 Å². The predicted octanol–water partition coefficient (Wildman–Crippen LogP) is 3.79. The molecule has 1 fully saturated rings. The summed E-state index contributed by atoms with van der Waals surface area (Å²) in [6.07, 6.45) is 3.04. The molecule has 2 aromatic heterocycles. The first-order valence-electron chi connectivity index (χ1n) is 7.02. The van der Waals surface area contributed by atoms with E-state index in [2.05, 4.69) is 42.6 Å². The van der Waals surface area contributed by atoms with Gasteiger partial charge in [-0.3, -0.25) is 0 Å². The van der Waals surface area contributed by atoms with Gasteiger partial charge in [0.2, 0.25) is 0 Å². The van der Waals surface area contributed by atoms with E-state index >= 15 is 0 Å². The maximum Gasteiger partial charge on any atom is 0.141 e. The average molecular weight is 275 g/mol. The third-order valence-electron chi connectivity index (χ3n) is 4.11. The summed E-state index contributed by atoms with van der Waals surface area (Å²) < 4.78 is 0. The molecule has 3 heterocycles. The Morgan fingerprint density at radius 2 is 1.84 bits per heavy atom. The van der Waals surface area contributed by atoms with E-state index in [9.17, 15) is 0 Å². The molecule has 0 radical (unpaired) electrons. The smallest absolute Gasteiger partial charge is 0.141 e. The number of fused-ring (bicyclic) bond motifs is 1. The van der Waals surface area contributed by atoms with Crippen molar-refractivity contribution in [3.8, 4) is 0 Å². The van der Waals surface area contributed by atoms with Gasteiger partial charge in [0.25, 0.3) is 0 Å². The minimum Gasteiger partial charge on any atom is -0.355 e. The maximum absolute atomic E-state index is 4.60. The van der Waals surface area contributed by atoms with Crippen LogP contribution in [0.4, 0.5) is 5.82 Å². The number of nitrogens with zero attached hydrogens (tertiary/aromatic N) is 3. The van der Waals surface area contributed by atoms with Crippen molar-refractivity contribution in [3.63, 3.8) is 0 Å². The molecule has 102 valence electrons. The molecule has 3 rings (SSSR count). The highest BCUT2D eigenvalue weighted by Crippen LogP contribution is 2.36. The summed E-state index contributed by atoms with van der Waals surface area (Å²) in [6, 6.07) is 0. The summed E-state index contributed by atoms with van der Waals surface area (Å²) in [6.45, 7) is 11.3. The average Bonchev–Trinajstić information content (AvgIpc) is 2.64. The molecular weight excluding hydrogens is 254 g/mol. The van der Waals surface area contributed by atoms with Crippen LogP contribution in [0.2, 0.25) is 0 Å². The Hall–Kier alpha value is -1.16. The van der Waals surface area contributed by atoms with Gasteiger partial charge in [0.15, 0.2) is 0 Å². The molecular formula is C15H21N3S. The molecule has 0 aliphatic carbocycles. The molecule has 0 spiro atoms. The molecule has 0 N–H and O–H groups in total. The topological polar surface area (TPSA) is 29.0 Å². The summed E-state index contributed by atoms with van der Waals surface area (Å²) in [5, 5.41) is 1.27. The maximum atomic E-state index is 4.60. The fourth-order valence-corrected chi connectivity index (χ4v) is 4.23. The normalized spacial score (nSPS) is 24.1. The number of thiophene rings is 1. The first kappa shape index (κ1) is 12.9. The molecule has 2 aromatic rings. The van der Waals surface area contributed by atoms with Gasteiger partial charge in [-0.25, -0.2) is 9.97 Å². The van der Waals surface area contributed by atoms with Crippen molar-refractivity contribution >= 4 is 27.4 Å². The molecule has 19 heavy (non-hydrogen) atoms. The van der Waals surface area contributed by atoms with Gasteiger partial charge in [-0.05, 0) is 37.7 Å². The summed E-state index contributed by atoms with van der Waals surface area (Å²) >= 11 is 1.78. The Labute approximate surface area is 118 Å². The first-order chi connectivity index (χ1) is 9.06. The molecule has 0 unspecified atom stereocenters. The lowest BCUT2D eigenvalue weighted by molar-refractivity contribution is 0.356. The second-order valence-electron chi connectivity index (χ2n) is 6.01. The van der Waals surface area contributed by atoms with E-state index in [1.165, 1.54) is 22.2 Å². The molecule has 1 aliphatic heterocycles. The molecule has 4 heteroatoms. The zero-order valence-corrected chi connectivity index (χ0v) is 12.9. The summed E-state index contributed by atoms with van der Waals surface area (Å²) in [5.74, 6) is 2.63. The van der Waals surface area contributed by atoms with E-state index in [0.717, 1.165) is 35.6 Å². The summed E-state index contributed by atoms with van der Waals surface area (Å²) in [7, 11) is 0. The van der Waals surface area contributed by atoms with Crippen LogP contribution in [0.5, 0.6) is 0 Å². The van der Waals surface area contributed by atoms with Crippen molar-refractivity contribution in [2.75, 3.05) is 18.0 Å². The zero-order valence-electron chi connectivity index (χ0n) is 12.1. The summed E-state index contributed by atoms with van der Waals surface area (Å²) in [4.78, 5) is 14.0. The van der Waals surface area contributed by atoms with E-state index in [4.69, 9.17) is 0 Å². The van der Waals surface area contributed by atoms with Crippen molar-refractivity contribution in [2.45, 2.75) is 34.1 Å². The fourth-order valence-electron chi connectivity index (χ4n) is 3.24. The van der Waals surface area contributed by atoms with Crippen LogP contribution in [0.25, 0.3) is 10.2 Å². The quantitative estimate of drug-likeness (QED) is 0.793. The number of piperidine rings is 1. The van der Waals surface area contributed by atoms with Gasteiger partial charge in [0.1, 0.15) is 17.0 Å². The van der Waals surface area contributed by atoms with E-state index in [1.807, 2.05) is 0 Å². The van der Waals surface area contributed by atoms with Crippen LogP contribution in [0, 0.1) is 25.7 Å². The lowest BCUT2D eigenvalue weighted by Gasteiger charge is -2.36. The van der Waals surface area contributed by atoms with Gasteiger partial charge >= 0.3 is 0 Å². The molecule has 2 atom stereocenters. The lowest BCUT2D eigenvalue weighted by atomic mass is 9.92. The van der Waals surface area contributed by atoms with Crippen molar-refractivity contribution in [1.82, 2.24) is 9.97 Å². The van der Waals surface area contributed by atoms with E-state index in [1.54, 1.807) is 17.7 Å². The Morgan fingerprint density at radius 3 is 2.53 bits per heavy atom. The Kier molecular flexibility index (Phi) is 3.21. The van der Waals surface area contributed by atoms with E-state index in [0.29, 0.717) is 0 Å². The Bertz CT molecular complexity index is 595. The molecule has 0 aromatic carbocycles. The van der Waals surface area contributed by atoms with Crippen molar-refractivity contribution in [3.05, 3.63) is 16.8 Å². The van der Waals surface area contributed by atoms with Gasteiger partial charge in [-0.2, -0.15) is 0 Å². The van der Waals surface area contributed by atoms with Gasteiger partial charge in [-0.15, -0.1) is 11.3 Å². The SMILES string of the molecule is Cc1sc2ncnc(N3C[C@H](C)C[C@@H](C)C3)c2c1C. The van der Waals surface area contributed by atoms with Crippen molar-refractivity contribution in [1.29, 1.82) is 0 Å². The Morgan fingerprint density at radius 1 is 1.16 bits per heavy atom. The van der Waals surface area contributed by atoms with Crippen LogP contribution in [0.3, 0.4) is 0 Å². The number of rotatable bonds is 1. The van der Waals surface area contributed by atoms with Crippen molar-refractivity contribution < 1.29 is 0 Å². The minimum absolute atomic E-state index is 0.744. The number of aromatic nitrogens is 2. The predicted molar refractivity (Wildman–Crippen MR) is 82.0 cm³/mol. The first-order valence-corrected chi connectivity index (χ1v) is 7.83. The van der Waals surface area contributed by atoms with Gasteiger partial charge in [0, 0.05) is 18.0 Å². The zero-order chi connectivity index (χ0) is 13.6. The molecule has 0 amide bonds. The minimum atomic E-state index is 0.744. The van der Waals surface area contributed by atoms with Gasteiger partial charge in [-0.1, -0.05) is 13.8 Å². The standard InChI is InChI=1S/C15H21N3S/c1-9-5-10(2)7-18(6-9)14-13-11(3)12(4)19-15(13)17-8-16-14/h8-10H,5-7H2,1-4H3/t9-,10-/m1/s1. The van der Waals surface area contributed by atoms with Crippen LogP contribution in [0.15, 0.2) is 6.33 Å². The lowest BCUT2D eigenvalue weighted by Crippen LogP contribution is -2.39. The number of hydrogen-bond donors (Lipinski definition) is 0. The Balaban J connectivity index is 2.09. The van der Waals surface area contributed by atoms with E-state index in [-0.39, 0.29) is 0 Å². The highest BCUT2D eigenvalue weighted by Gasteiger charge is 2.25. The van der Waals surface area contributed by atoms with E-state index < -0.39 is 0 Å². The van der Waals surface area contributed by atoms with Crippen LogP contribution in [-0.2, 0) is 0 Å². The molecule has 1 aliphatic rings. The largest absolute Gasteiger partial charge is 0.355 e. The van der Waals surface area contributed by atoms with Crippen LogP contribution in [-0.4, -0.2) is 23.1 Å². The van der Waals surface area contributed by atoms with Crippen molar-refractivity contribution in [2.24, 2.45) is 11.8 Å². The third kappa shape index (κ3) is 2.22. The van der Waals surface area contributed by atoms with Gasteiger partial charge in [0.05, 0.1) is 5.39 Å². The number of aryl methyl sites for hydroxylation is 2. The highest BCUT2D eigenvalue weighted by atomic mass is 32.1. The third-order valence-corrected chi connectivity index (χ3v) is 5.23. The van der Waals surface area contributed by atoms with Gasteiger partial charge < -0.3 is 4.90 Å². The van der Waals surface area contributed by atoms with Crippen LogP contribution in [0.1, 0.15) is 30.7 Å². The number of hydrogen-bond acceptors (Lipinski definition) is 4. The molecule has 0 saturated carbocycles. The van der Waals surface area contributed by atoms with Crippen LogP contribution >= 0.6 is 11.3 Å². The summed E-state index contributed by atoms with van der Waals surface area (Å²) in [5.41, 5.74) is 1.35.